The molecule has 3 rings (SSSR count). The second kappa shape index (κ2) is 5.92. The molecule has 1 aliphatic heterocycles. The number of rotatable bonds is 3. The number of alkyl halides is 1. The number of aromatic nitrogens is 2. The highest BCUT2D eigenvalue weighted by atomic mass is 35.5. The Balaban J connectivity index is 2.06. The fourth-order valence-corrected chi connectivity index (χ4v) is 3.50. The summed E-state index contributed by atoms with van der Waals surface area (Å²) in [6.07, 6.45) is 2.40. The molecular formula is C15H19Cl2N3. The van der Waals surface area contributed by atoms with Gasteiger partial charge in [0.05, 0.1) is 16.9 Å². The van der Waals surface area contributed by atoms with E-state index >= 15 is 0 Å². The molecule has 1 saturated heterocycles. The highest BCUT2D eigenvalue weighted by Crippen LogP contribution is 2.30. The molecule has 2 aromatic rings. The van der Waals surface area contributed by atoms with Crippen LogP contribution in [-0.2, 0) is 5.88 Å². The van der Waals surface area contributed by atoms with E-state index in [-0.39, 0.29) is 0 Å². The van der Waals surface area contributed by atoms with E-state index in [0.29, 0.717) is 11.9 Å². The number of hydrogen-bond donors (Lipinski definition) is 0. The van der Waals surface area contributed by atoms with E-state index in [1.165, 1.54) is 19.4 Å². The Morgan fingerprint density at radius 3 is 3.00 bits per heavy atom. The molecule has 1 unspecified atom stereocenters. The van der Waals surface area contributed by atoms with Gasteiger partial charge >= 0.3 is 0 Å². The molecule has 0 N–H and O–H groups in total. The maximum atomic E-state index is 6.15. The molecule has 0 aliphatic carbocycles. The number of imidazole rings is 1. The smallest absolute Gasteiger partial charge is 0.125 e. The van der Waals surface area contributed by atoms with Crippen LogP contribution in [0.5, 0.6) is 0 Å². The van der Waals surface area contributed by atoms with Crippen LogP contribution < -0.4 is 0 Å². The number of hydrogen-bond acceptors (Lipinski definition) is 2. The summed E-state index contributed by atoms with van der Waals surface area (Å²) in [5, 5.41) is 0.753. The van der Waals surface area contributed by atoms with Gasteiger partial charge in [0, 0.05) is 17.6 Å². The molecule has 1 aliphatic rings. The van der Waals surface area contributed by atoms with Gasteiger partial charge in [-0.1, -0.05) is 18.5 Å². The van der Waals surface area contributed by atoms with Crippen molar-refractivity contribution in [3.05, 3.63) is 29.0 Å². The molecule has 0 amide bonds. The van der Waals surface area contributed by atoms with Crippen molar-refractivity contribution in [3.63, 3.8) is 0 Å². The fraction of sp³-hybridized carbons (Fsp3) is 0.533. The van der Waals surface area contributed by atoms with Crippen molar-refractivity contribution in [2.45, 2.75) is 31.7 Å². The molecule has 1 aromatic heterocycles. The number of halogens is 2. The van der Waals surface area contributed by atoms with E-state index in [4.69, 9.17) is 23.2 Å². The van der Waals surface area contributed by atoms with Gasteiger partial charge in [-0.2, -0.15) is 0 Å². The van der Waals surface area contributed by atoms with Gasteiger partial charge in [0.2, 0.25) is 0 Å². The summed E-state index contributed by atoms with van der Waals surface area (Å²) < 4.78 is 2.30. The average Bonchev–Trinajstić information content (AvgIpc) is 2.85. The van der Waals surface area contributed by atoms with Crippen LogP contribution in [0.1, 0.15) is 31.6 Å². The number of nitrogens with zero attached hydrogens (tertiary/aromatic N) is 3. The first-order valence-electron chi connectivity index (χ1n) is 7.17. The van der Waals surface area contributed by atoms with Crippen LogP contribution in [0.2, 0.25) is 5.02 Å². The van der Waals surface area contributed by atoms with Gasteiger partial charge in [0.1, 0.15) is 5.82 Å². The Morgan fingerprint density at radius 2 is 2.25 bits per heavy atom. The van der Waals surface area contributed by atoms with Crippen molar-refractivity contribution in [3.8, 4) is 0 Å². The summed E-state index contributed by atoms with van der Waals surface area (Å²) in [5.41, 5.74) is 2.09. The van der Waals surface area contributed by atoms with Gasteiger partial charge in [-0.05, 0) is 44.1 Å². The second-order valence-electron chi connectivity index (χ2n) is 5.35. The third-order valence-electron chi connectivity index (χ3n) is 4.14. The Labute approximate surface area is 129 Å². The molecule has 0 bridgehead atoms. The maximum Gasteiger partial charge on any atom is 0.125 e. The molecule has 108 valence electrons. The van der Waals surface area contributed by atoms with Gasteiger partial charge < -0.3 is 9.47 Å². The topological polar surface area (TPSA) is 21.1 Å². The number of piperidine rings is 1. The highest BCUT2D eigenvalue weighted by molar-refractivity contribution is 6.31. The maximum absolute atomic E-state index is 6.15. The zero-order valence-corrected chi connectivity index (χ0v) is 13.2. The van der Waals surface area contributed by atoms with E-state index in [0.717, 1.165) is 35.0 Å². The zero-order chi connectivity index (χ0) is 14.1. The van der Waals surface area contributed by atoms with Gasteiger partial charge in [-0.3, -0.25) is 0 Å². The van der Waals surface area contributed by atoms with Crippen LogP contribution in [0.15, 0.2) is 18.2 Å². The van der Waals surface area contributed by atoms with E-state index < -0.39 is 0 Å². The lowest BCUT2D eigenvalue weighted by atomic mass is 10.1. The Kier molecular flexibility index (Phi) is 4.20. The Hall–Kier alpha value is -0.770. The van der Waals surface area contributed by atoms with Crippen molar-refractivity contribution >= 4 is 34.2 Å². The summed E-state index contributed by atoms with van der Waals surface area (Å²) in [6, 6.07) is 6.31. The first kappa shape index (κ1) is 14.2. The van der Waals surface area contributed by atoms with Crippen LogP contribution in [0.3, 0.4) is 0 Å². The molecule has 1 atom stereocenters. The molecule has 20 heavy (non-hydrogen) atoms. The van der Waals surface area contributed by atoms with Crippen LogP contribution in [-0.4, -0.2) is 34.1 Å². The summed E-state index contributed by atoms with van der Waals surface area (Å²) in [5.74, 6) is 1.39. The zero-order valence-electron chi connectivity index (χ0n) is 11.6. The average molecular weight is 312 g/mol. The third kappa shape index (κ3) is 2.54. The summed E-state index contributed by atoms with van der Waals surface area (Å²) in [6.45, 7) is 5.57. The summed E-state index contributed by atoms with van der Waals surface area (Å²) in [4.78, 5) is 7.14. The van der Waals surface area contributed by atoms with E-state index in [2.05, 4.69) is 21.4 Å². The first-order chi connectivity index (χ1) is 9.72. The van der Waals surface area contributed by atoms with E-state index in [9.17, 15) is 0 Å². The lowest BCUT2D eigenvalue weighted by molar-refractivity contribution is 0.186. The normalized spacial score (nSPS) is 20.6. The third-order valence-corrected chi connectivity index (χ3v) is 4.61. The lowest BCUT2D eigenvalue weighted by Gasteiger charge is -2.33. The van der Waals surface area contributed by atoms with Gasteiger partial charge in [0.15, 0.2) is 0 Å². The lowest BCUT2D eigenvalue weighted by Crippen LogP contribution is -2.36. The predicted molar refractivity (Wildman–Crippen MR) is 84.7 cm³/mol. The van der Waals surface area contributed by atoms with Crippen LogP contribution >= 0.6 is 23.2 Å². The van der Waals surface area contributed by atoms with Crippen LogP contribution in [0.4, 0.5) is 0 Å². The molecular weight excluding hydrogens is 293 g/mol. The SMILES string of the molecule is CCN1CCCC(n2c(CCl)nc3ccc(Cl)cc32)C1. The predicted octanol–water partition coefficient (Wildman–Crippen LogP) is 4.09. The molecule has 0 spiro atoms. The van der Waals surface area contributed by atoms with Gasteiger partial charge in [-0.15, -0.1) is 11.6 Å². The Morgan fingerprint density at radius 1 is 1.40 bits per heavy atom. The number of likely N-dealkylation sites (N-methyl/N-ethyl adjacent to an activating group) is 1. The minimum absolute atomic E-state index is 0.439. The number of likely N-dealkylation sites (tertiary alicyclic amines) is 1. The van der Waals surface area contributed by atoms with Crippen molar-refractivity contribution < 1.29 is 0 Å². The molecule has 5 heteroatoms. The van der Waals surface area contributed by atoms with Crippen molar-refractivity contribution in [2.24, 2.45) is 0 Å². The molecule has 1 fully saturated rings. The Bertz CT molecular complexity index is 608. The van der Waals surface area contributed by atoms with E-state index in [1.54, 1.807) is 0 Å². The molecule has 2 heterocycles. The molecule has 3 nitrogen and oxygen atoms in total. The van der Waals surface area contributed by atoms with Gasteiger partial charge in [-0.25, -0.2) is 4.98 Å². The van der Waals surface area contributed by atoms with Crippen molar-refractivity contribution in [1.82, 2.24) is 14.5 Å². The largest absolute Gasteiger partial charge is 0.323 e. The fourth-order valence-electron chi connectivity index (χ4n) is 3.15. The number of benzene rings is 1. The number of fused-ring (bicyclic) bond motifs is 1. The van der Waals surface area contributed by atoms with E-state index in [1.807, 2.05) is 18.2 Å². The second-order valence-corrected chi connectivity index (χ2v) is 6.06. The van der Waals surface area contributed by atoms with Crippen molar-refractivity contribution in [2.75, 3.05) is 19.6 Å². The van der Waals surface area contributed by atoms with Crippen LogP contribution in [0.25, 0.3) is 11.0 Å². The first-order valence-corrected chi connectivity index (χ1v) is 8.09. The minimum atomic E-state index is 0.439. The summed E-state index contributed by atoms with van der Waals surface area (Å²) in [7, 11) is 0. The summed E-state index contributed by atoms with van der Waals surface area (Å²) >= 11 is 12.3. The highest BCUT2D eigenvalue weighted by Gasteiger charge is 2.24. The van der Waals surface area contributed by atoms with Gasteiger partial charge in [0.25, 0.3) is 0 Å². The van der Waals surface area contributed by atoms with Crippen LogP contribution in [0, 0.1) is 0 Å². The quantitative estimate of drug-likeness (QED) is 0.796. The molecule has 0 saturated carbocycles. The van der Waals surface area contributed by atoms with Crippen molar-refractivity contribution in [1.29, 1.82) is 0 Å². The standard InChI is InChI=1S/C15H19Cl2N3/c1-2-19-7-3-4-12(10-19)20-14-8-11(17)5-6-13(14)18-15(20)9-16/h5-6,8,12H,2-4,7,9-10H2,1H3. The monoisotopic (exact) mass is 311 g/mol. The minimum Gasteiger partial charge on any atom is -0.323 e. The molecule has 0 radical (unpaired) electrons. The molecule has 1 aromatic carbocycles.